The van der Waals surface area contributed by atoms with Crippen LogP contribution < -0.4 is 0 Å². The summed E-state index contributed by atoms with van der Waals surface area (Å²) in [6.45, 7) is 3.86. The predicted molar refractivity (Wildman–Crippen MR) is 65.2 cm³/mol. The van der Waals surface area contributed by atoms with Crippen molar-refractivity contribution < 1.29 is 14.3 Å². The van der Waals surface area contributed by atoms with Crippen LogP contribution in [0.1, 0.15) is 52.4 Å². The predicted octanol–water partition coefficient (Wildman–Crippen LogP) is 2.48. The Morgan fingerprint density at radius 1 is 1.47 bits per heavy atom. The summed E-state index contributed by atoms with van der Waals surface area (Å²) in [4.78, 5) is 24.1. The van der Waals surface area contributed by atoms with Gasteiger partial charge in [0.05, 0.1) is 6.61 Å². The number of carbonyl (C=O) groups is 2. The maximum absolute atomic E-state index is 12.1. The smallest absolute Gasteiger partial charge is 0.319 e. The van der Waals surface area contributed by atoms with Crippen LogP contribution in [0.4, 0.5) is 0 Å². The first-order valence-electron chi connectivity index (χ1n) is 6.27. The van der Waals surface area contributed by atoms with Gasteiger partial charge in [-0.1, -0.05) is 6.42 Å². The molecule has 0 amide bonds. The molecule has 1 rings (SSSR count). The van der Waals surface area contributed by atoms with Gasteiger partial charge in [0.15, 0.2) is 0 Å². The molecule has 1 fully saturated rings. The highest BCUT2D eigenvalue weighted by atomic mass is 16.5. The number of hydrogen-bond acceptors (Lipinski definition) is 3. The molecule has 94 valence electrons. The Balaban J connectivity index is 2.84. The maximum Gasteiger partial charge on any atom is 0.319 e. The van der Waals surface area contributed by atoms with Crippen molar-refractivity contribution in [2.45, 2.75) is 52.4 Å². The van der Waals surface area contributed by atoms with Gasteiger partial charge in [-0.2, -0.15) is 0 Å². The summed E-state index contributed by atoms with van der Waals surface area (Å²) in [5.74, 6) is 5.42. The summed E-state index contributed by atoms with van der Waals surface area (Å²) in [6.07, 6.45) is 4.02. The van der Waals surface area contributed by atoms with E-state index in [-0.39, 0.29) is 11.8 Å². The third-order valence-electron chi connectivity index (χ3n) is 3.31. The van der Waals surface area contributed by atoms with Crippen LogP contribution in [-0.4, -0.2) is 18.4 Å². The number of rotatable bonds is 4. The molecule has 0 bridgehead atoms. The van der Waals surface area contributed by atoms with E-state index in [2.05, 4.69) is 11.8 Å². The van der Waals surface area contributed by atoms with Crippen molar-refractivity contribution in [3.05, 3.63) is 0 Å². The van der Waals surface area contributed by atoms with Crippen LogP contribution in [0.3, 0.4) is 0 Å². The molecule has 17 heavy (non-hydrogen) atoms. The van der Waals surface area contributed by atoms with Crippen molar-refractivity contribution in [3.8, 4) is 11.8 Å². The zero-order chi connectivity index (χ0) is 12.7. The number of ether oxygens (including phenoxy) is 1. The quantitative estimate of drug-likeness (QED) is 0.428. The van der Waals surface area contributed by atoms with Gasteiger partial charge in [-0.05, 0) is 33.1 Å². The van der Waals surface area contributed by atoms with E-state index < -0.39 is 5.41 Å². The third kappa shape index (κ3) is 3.09. The summed E-state index contributed by atoms with van der Waals surface area (Å²) in [6, 6.07) is 0. The van der Waals surface area contributed by atoms with E-state index in [0.29, 0.717) is 32.3 Å². The van der Waals surface area contributed by atoms with E-state index in [1.54, 1.807) is 13.8 Å². The lowest BCUT2D eigenvalue weighted by atomic mass is 9.70. The number of hydrogen-bond donors (Lipinski definition) is 0. The molecule has 3 nitrogen and oxygen atoms in total. The topological polar surface area (TPSA) is 43.4 Å². The fraction of sp³-hybridized carbons (Fsp3) is 0.714. The van der Waals surface area contributed by atoms with Crippen molar-refractivity contribution in [3.63, 3.8) is 0 Å². The minimum absolute atomic E-state index is 0.0418. The van der Waals surface area contributed by atoms with E-state index in [0.717, 1.165) is 12.8 Å². The lowest BCUT2D eigenvalue weighted by Gasteiger charge is -2.32. The number of carbonyl (C=O) groups excluding carboxylic acids is 2. The minimum Gasteiger partial charge on any atom is -0.465 e. The van der Waals surface area contributed by atoms with Crippen molar-refractivity contribution in [1.29, 1.82) is 0 Å². The normalized spacial score (nSPS) is 23.8. The molecule has 1 aliphatic rings. The molecule has 0 aliphatic heterocycles. The van der Waals surface area contributed by atoms with Gasteiger partial charge in [0, 0.05) is 12.8 Å². The maximum atomic E-state index is 12.1. The van der Waals surface area contributed by atoms with Crippen molar-refractivity contribution in [1.82, 2.24) is 0 Å². The third-order valence-corrected chi connectivity index (χ3v) is 3.31. The van der Waals surface area contributed by atoms with Crippen LogP contribution in [0.15, 0.2) is 0 Å². The van der Waals surface area contributed by atoms with Crippen LogP contribution in [0, 0.1) is 17.3 Å². The lowest BCUT2D eigenvalue weighted by molar-refractivity contribution is -0.162. The summed E-state index contributed by atoms with van der Waals surface area (Å²) in [5.41, 5.74) is -0.905. The standard InChI is InChI=1S/C14H20O3/c1-3-5-7-10-14(13(16)17-4-2)11-8-6-9-12(14)15/h4,6-11H2,1-2H3. The summed E-state index contributed by atoms with van der Waals surface area (Å²) < 4.78 is 5.08. The van der Waals surface area contributed by atoms with Crippen LogP contribution >= 0.6 is 0 Å². The highest BCUT2D eigenvalue weighted by molar-refractivity contribution is 6.04. The fourth-order valence-corrected chi connectivity index (χ4v) is 2.34. The second-order valence-corrected chi connectivity index (χ2v) is 4.36. The molecule has 3 heteroatoms. The first kappa shape index (κ1) is 13.8. The zero-order valence-electron chi connectivity index (χ0n) is 10.7. The van der Waals surface area contributed by atoms with Crippen molar-refractivity contribution in [2.24, 2.45) is 5.41 Å². The van der Waals surface area contributed by atoms with Crippen molar-refractivity contribution >= 4 is 11.8 Å². The Morgan fingerprint density at radius 2 is 2.24 bits per heavy atom. The monoisotopic (exact) mass is 236 g/mol. The molecule has 0 heterocycles. The average Bonchev–Trinajstić information content (AvgIpc) is 2.32. The van der Waals surface area contributed by atoms with Gasteiger partial charge >= 0.3 is 5.97 Å². The van der Waals surface area contributed by atoms with Gasteiger partial charge in [0.2, 0.25) is 0 Å². The van der Waals surface area contributed by atoms with Gasteiger partial charge < -0.3 is 4.74 Å². The molecule has 0 spiro atoms. The minimum atomic E-state index is -0.905. The van der Waals surface area contributed by atoms with Gasteiger partial charge in [-0.15, -0.1) is 11.8 Å². The molecule has 0 radical (unpaired) electrons. The molecule has 0 aromatic heterocycles. The van der Waals surface area contributed by atoms with Crippen LogP contribution in [0.5, 0.6) is 0 Å². The van der Waals surface area contributed by atoms with Gasteiger partial charge in [-0.25, -0.2) is 0 Å². The van der Waals surface area contributed by atoms with E-state index in [4.69, 9.17) is 4.74 Å². The van der Waals surface area contributed by atoms with E-state index in [1.165, 1.54) is 0 Å². The fourth-order valence-electron chi connectivity index (χ4n) is 2.34. The highest BCUT2D eigenvalue weighted by Crippen LogP contribution is 2.38. The first-order valence-corrected chi connectivity index (χ1v) is 6.27. The Labute approximate surface area is 103 Å². The van der Waals surface area contributed by atoms with Crippen molar-refractivity contribution in [2.75, 3.05) is 6.61 Å². The average molecular weight is 236 g/mol. The molecule has 0 N–H and O–H groups in total. The Hall–Kier alpha value is -1.30. The molecule has 0 aromatic rings. The molecule has 0 saturated heterocycles. The molecule has 1 aliphatic carbocycles. The van der Waals surface area contributed by atoms with E-state index >= 15 is 0 Å². The summed E-state index contributed by atoms with van der Waals surface area (Å²) in [5, 5.41) is 0. The SMILES string of the molecule is CC#CCCC1(C(=O)OCC)CCCCC1=O. The second-order valence-electron chi connectivity index (χ2n) is 4.36. The van der Waals surface area contributed by atoms with Gasteiger partial charge in [0.1, 0.15) is 11.2 Å². The largest absolute Gasteiger partial charge is 0.465 e. The Morgan fingerprint density at radius 3 is 2.82 bits per heavy atom. The molecular formula is C14H20O3. The molecule has 1 saturated carbocycles. The second kappa shape index (κ2) is 6.44. The zero-order valence-corrected chi connectivity index (χ0v) is 10.7. The molecule has 0 aromatic carbocycles. The highest BCUT2D eigenvalue weighted by Gasteiger charge is 2.47. The molecule has 1 atom stereocenters. The number of ketones is 1. The van der Waals surface area contributed by atoms with E-state index in [9.17, 15) is 9.59 Å². The number of Topliss-reactive ketones (excluding diaryl/α,β-unsaturated/α-hetero) is 1. The lowest BCUT2D eigenvalue weighted by Crippen LogP contribution is -2.42. The van der Waals surface area contributed by atoms with Crippen LogP contribution in [0.2, 0.25) is 0 Å². The van der Waals surface area contributed by atoms with Gasteiger partial charge in [-0.3, -0.25) is 9.59 Å². The van der Waals surface area contributed by atoms with Crippen LogP contribution in [0.25, 0.3) is 0 Å². The Kier molecular flexibility index (Phi) is 5.21. The summed E-state index contributed by atoms with van der Waals surface area (Å²) >= 11 is 0. The first-order chi connectivity index (χ1) is 8.17. The van der Waals surface area contributed by atoms with Crippen LogP contribution in [-0.2, 0) is 14.3 Å². The van der Waals surface area contributed by atoms with Gasteiger partial charge in [0.25, 0.3) is 0 Å². The Bertz CT molecular complexity index is 348. The molecule has 1 unspecified atom stereocenters. The molecular weight excluding hydrogens is 216 g/mol. The summed E-state index contributed by atoms with van der Waals surface area (Å²) in [7, 11) is 0. The van der Waals surface area contributed by atoms with E-state index in [1.807, 2.05) is 0 Å². The number of esters is 1.